The zero-order valence-electron chi connectivity index (χ0n) is 18.4. The highest BCUT2D eigenvalue weighted by Gasteiger charge is 2.58. The van der Waals surface area contributed by atoms with Gasteiger partial charge in [-0.05, 0) is 73.4 Å². The second kappa shape index (κ2) is 7.64. The molecule has 0 radical (unpaired) electrons. The zero-order chi connectivity index (χ0) is 22.4. The summed E-state index contributed by atoms with van der Waals surface area (Å²) in [5.74, 6) is 0.421. The van der Waals surface area contributed by atoms with Gasteiger partial charge in [0, 0.05) is 6.04 Å². The Morgan fingerprint density at radius 3 is 2.48 bits per heavy atom. The van der Waals surface area contributed by atoms with Crippen molar-refractivity contribution < 1.29 is 22.7 Å². The number of hydrogen-bond donors (Lipinski definition) is 1. The second-order valence-electron chi connectivity index (χ2n) is 9.11. The van der Waals surface area contributed by atoms with Crippen molar-refractivity contribution in [2.75, 3.05) is 14.2 Å². The number of nitrogens with one attached hydrogen (secondary N) is 1. The van der Waals surface area contributed by atoms with E-state index >= 15 is 0 Å². The number of carbonyl (C=O) groups is 1. The molecule has 3 atom stereocenters. The van der Waals surface area contributed by atoms with Gasteiger partial charge in [-0.25, -0.2) is 13.1 Å². The Kier molecular flexibility index (Phi) is 5.38. The maximum Gasteiger partial charge on any atom is 0.313 e. The average Bonchev–Trinajstić information content (AvgIpc) is 2.75. The molecule has 2 bridgehead atoms. The van der Waals surface area contributed by atoms with Gasteiger partial charge in [0.15, 0.2) is 0 Å². The summed E-state index contributed by atoms with van der Waals surface area (Å²) in [6, 6.07) is 12.1. The van der Waals surface area contributed by atoms with Crippen molar-refractivity contribution in [3.8, 4) is 5.75 Å². The molecule has 31 heavy (non-hydrogen) atoms. The van der Waals surface area contributed by atoms with Crippen LogP contribution in [0.15, 0.2) is 47.4 Å². The molecule has 0 aliphatic heterocycles. The Balaban J connectivity index is 1.75. The molecule has 0 unspecified atom stereocenters. The van der Waals surface area contributed by atoms with E-state index in [0.29, 0.717) is 19.3 Å². The predicted molar refractivity (Wildman–Crippen MR) is 118 cm³/mol. The Morgan fingerprint density at radius 1 is 1.13 bits per heavy atom. The van der Waals surface area contributed by atoms with Crippen molar-refractivity contribution in [3.05, 3.63) is 59.2 Å². The van der Waals surface area contributed by atoms with Gasteiger partial charge in [-0.15, -0.1) is 0 Å². The minimum Gasteiger partial charge on any atom is -0.497 e. The molecule has 7 heteroatoms. The molecule has 0 spiro atoms. The Labute approximate surface area is 184 Å². The molecule has 1 N–H and O–H groups in total. The minimum absolute atomic E-state index is 0.201. The van der Waals surface area contributed by atoms with Gasteiger partial charge in [0.1, 0.15) is 5.75 Å². The number of sulfonamides is 1. The first-order valence-corrected chi connectivity index (χ1v) is 12.0. The highest BCUT2D eigenvalue weighted by Crippen LogP contribution is 2.56. The summed E-state index contributed by atoms with van der Waals surface area (Å²) < 4.78 is 39.8. The van der Waals surface area contributed by atoms with Crippen molar-refractivity contribution >= 4 is 16.0 Å². The number of esters is 1. The normalized spacial score (nSPS) is 27.3. The van der Waals surface area contributed by atoms with Gasteiger partial charge in [0.05, 0.1) is 24.5 Å². The van der Waals surface area contributed by atoms with Crippen molar-refractivity contribution in [1.29, 1.82) is 0 Å². The maximum absolute atomic E-state index is 13.2. The molecule has 0 saturated heterocycles. The molecule has 2 aliphatic rings. The summed E-state index contributed by atoms with van der Waals surface area (Å²) in [5.41, 5.74) is 1.98. The minimum atomic E-state index is -3.78. The molecular weight excluding hydrogens is 414 g/mol. The van der Waals surface area contributed by atoms with Crippen molar-refractivity contribution in [1.82, 2.24) is 4.72 Å². The molecule has 2 aromatic carbocycles. The number of aryl methyl sites for hydroxylation is 1. The van der Waals surface area contributed by atoms with E-state index in [1.165, 1.54) is 12.7 Å². The van der Waals surface area contributed by atoms with Gasteiger partial charge in [-0.1, -0.05) is 30.7 Å². The van der Waals surface area contributed by atoms with Crippen LogP contribution in [0.25, 0.3) is 0 Å². The SMILES string of the molecule is COC(=O)[C@@]12Cc3ccc(OC)cc3[C@@](C)(CC[C@@H]1NS(=O)(=O)c1ccc(C)cc1)C2. The number of benzene rings is 2. The Hall–Kier alpha value is -2.38. The molecule has 2 aliphatic carbocycles. The number of hydrogen-bond acceptors (Lipinski definition) is 5. The number of fused-ring (bicyclic) bond motifs is 4. The quantitative estimate of drug-likeness (QED) is 0.715. The van der Waals surface area contributed by atoms with E-state index in [9.17, 15) is 13.2 Å². The molecule has 0 amide bonds. The molecule has 1 fully saturated rings. The van der Waals surface area contributed by atoms with Crippen molar-refractivity contribution in [3.63, 3.8) is 0 Å². The number of methoxy groups -OCH3 is 2. The highest BCUT2D eigenvalue weighted by molar-refractivity contribution is 7.89. The van der Waals surface area contributed by atoms with Gasteiger partial charge < -0.3 is 9.47 Å². The van der Waals surface area contributed by atoms with Crippen LogP contribution in [0, 0.1) is 12.3 Å². The molecule has 0 aromatic heterocycles. The van der Waals surface area contributed by atoms with Crippen LogP contribution in [-0.2, 0) is 31.4 Å². The molecule has 166 valence electrons. The molecule has 4 rings (SSSR count). The van der Waals surface area contributed by atoms with E-state index in [1.807, 2.05) is 25.1 Å². The maximum atomic E-state index is 13.2. The fourth-order valence-electron chi connectivity index (χ4n) is 5.44. The van der Waals surface area contributed by atoms with E-state index in [2.05, 4.69) is 11.6 Å². The van der Waals surface area contributed by atoms with E-state index in [1.54, 1.807) is 31.4 Å². The fourth-order valence-corrected chi connectivity index (χ4v) is 6.78. The molecular formula is C24H29NO5S. The lowest BCUT2D eigenvalue weighted by Gasteiger charge is -2.53. The van der Waals surface area contributed by atoms with Crippen LogP contribution in [0.4, 0.5) is 0 Å². The second-order valence-corrected chi connectivity index (χ2v) is 10.8. The number of rotatable bonds is 5. The van der Waals surface area contributed by atoms with Gasteiger partial charge in [0.2, 0.25) is 10.0 Å². The van der Waals surface area contributed by atoms with Crippen LogP contribution in [0.2, 0.25) is 0 Å². The summed E-state index contributed by atoms with van der Waals surface area (Å²) >= 11 is 0. The zero-order valence-corrected chi connectivity index (χ0v) is 19.2. The lowest BCUT2D eigenvalue weighted by atomic mass is 9.52. The summed E-state index contributed by atoms with van der Waals surface area (Å²) in [6.45, 7) is 4.05. The smallest absolute Gasteiger partial charge is 0.313 e. The third-order valence-corrected chi connectivity index (χ3v) is 8.54. The lowest BCUT2D eigenvalue weighted by Crippen LogP contribution is -2.61. The van der Waals surface area contributed by atoms with Crippen LogP contribution in [0.3, 0.4) is 0 Å². The van der Waals surface area contributed by atoms with Crippen molar-refractivity contribution in [2.24, 2.45) is 5.41 Å². The van der Waals surface area contributed by atoms with E-state index in [-0.39, 0.29) is 16.3 Å². The molecule has 2 aromatic rings. The summed E-state index contributed by atoms with van der Waals surface area (Å²) in [6.07, 6.45) is 2.25. The third kappa shape index (κ3) is 3.64. The first-order chi connectivity index (χ1) is 14.6. The van der Waals surface area contributed by atoms with Crippen LogP contribution in [0.1, 0.15) is 42.9 Å². The Bertz CT molecular complexity index is 1110. The van der Waals surface area contributed by atoms with Crippen LogP contribution < -0.4 is 9.46 Å². The number of carbonyl (C=O) groups excluding carboxylic acids is 1. The predicted octanol–water partition coefficient (Wildman–Crippen LogP) is 3.51. The van der Waals surface area contributed by atoms with Gasteiger partial charge in [-0.3, -0.25) is 4.79 Å². The molecule has 6 nitrogen and oxygen atoms in total. The van der Waals surface area contributed by atoms with Crippen LogP contribution >= 0.6 is 0 Å². The summed E-state index contributed by atoms with van der Waals surface area (Å²) in [4.78, 5) is 13.4. The van der Waals surface area contributed by atoms with Crippen LogP contribution in [0.5, 0.6) is 5.75 Å². The summed E-state index contributed by atoms with van der Waals surface area (Å²) in [5, 5.41) is 0. The van der Waals surface area contributed by atoms with E-state index in [0.717, 1.165) is 23.3 Å². The highest BCUT2D eigenvalue weighted by atomic mass is 32.2. The first-order valence-electron chi connectivity index (χ1n) is 10.5. The van der Waals surface area contributed by atoms with Gasteiger partial charge in [-0.2, -0.15) is 0 Å². The van der Waals surface area contributed by atoms with E-state index in [4.69, 9.17) is 9.47 Å². The summed E-state index contributed by atoms with van der Waals surface area (Å²) in [7, 11) is -0.764. The van der Waals surface area contributed by atoms with Crippen molar-refractivity contribution in [2.45, 2.75) is 55.9 Å². The standard InChI is InChI=1S/C24H29NO5S/c1-16-5-9-19(10-6-16)31(27,28)25-21-11-12-23(2)15-24(21,22(26)30-4)14-17-7-8-18(29-3)13-20(17)23/h5-10,13,21,25H,11-12,14-15H2,1-4H3/t21-,23-,24+/m0/s1. The average molecular weight is 444 g/mol. The Morgan fingerprint density at radius 2 is 1.84 bits per heavy atom. The fraction of sp³-hybridized carbons (Fsp3) is 0.458. The third-order valence-electron chi connectivity index (χ3n) is 7.05. The molecule has 1 saturated carbocycles. The first kappa shape index (κ1) is 21.8. The van der Waals surface area contributed by atoms with Gasteiger partial charge in [0.25, 0.3) is 0 Å². The van der Waals surface area contributed by atoms with E-state index < -0.39 is 21.5 Å². The van der Waals surface area contributed by atoms with Gasteiger partial charge >= 0.3 is 5.97 Å². The topological polar surface area (TPSA) is 81.7 Å². The van der Waals surface area contributed by atoms with Crippen LogP contribution in [-0.4, -0.2) is 34.6 Å². The molecule has 0 heterocycles. The lowest BCUT2D eigenvalue weighted by molar-refractivity contribution is -0.159. The largest absolute Gasteiger partial charge is 0.497 e. The monoisotopic (exact) mass is 443 g/mol. The number of ether oxygens (including phenoxy) is 2.